The number of carbonyl (C=O) groups excluding carboxylic acids is 1. The maximum absolute atomic E-state index is 12.7. The fraction of sp³-hybridized carbons (Fsp3) is 0.350. The molecule has 0 unspecified atom stereocenters. The zero-order valence-electron chi connectivity index (χ0n) is 16.1. The van der Waals surface area contributed by atoms with Crippen LogP contribution in [0.15, 0.2) is 47.4 Å². The van der Waals surface area contributed by atoms with Crippen molar-refractivity contribution in [3.8, 4) is 11.5 Å². The quantitative estimate of drug-likeness (QED) is 0.714. The van der Waals surface area contributed by atoms with Gasteiger partial charge in [-0.2, -0.15) is 4.31 Å². The second-order valence-corrected chi connectivity index (χ2v) is 8.97. The highest BCUT2D eigenvalue weighted by atomic mass is 35.5. The monoisotopic (exact) mass is 438 g/mol. The Morgan fingerprint density at radius 1 is 1.14 bits per heavy atom. The Balaban J connectivity index is 1.62. The minimum Gasteiger partial charge on any atom is -0.497 e. The molecule has 29 heavy (non-hydrogen) atoms. The Labute approximate surface area is 175 Å². The molecule has 1 aliphatic rings. The second-order valence-electron chi connectivity index (χ2n) is 6.63. The van der Waals surface area contributed by atoms with E-state index in [1.807, 2.05) is 0 Å². The summed E-state index contributed by atoms with van der Waals surface area (Å²) in [6.07, 6.45) is 2.75. The van der Waals surface area contributed by atoms with Gasteiger partial charge in [0.15, 0.2) is 6.61 Å². The van der Waals surface area contributed by atoms with Crippen molar-refractivity contribution in [3.63, 3.8) is 0 Å². The van der Waals surface area contributed by atoms with Gasteiger partial charge in [-0.25, -0.2) is 8.42 Å². The lowest BCUT2D eigenvalue weighted by Gasteiger charge is -2.26. The van der Waals surface area contributed by atoms with E-state index in [-0.39, 0.29) is 28.2 Å². The molecule has 156 valence electrons. The van der Waals surface area contributed by atoms with Gasteiger partial charge in [0.25, 0.3) is 5.91 Å². The molecular weight excluding hydrogens is 416 g/mol. The molecule has 1 aliphatic heterocycles. The molecule has 3 rings (SSSR count). The van der Waals surface area contributed by atoms with Crippen LogP contribution in [0.1, 0.15) is 19.3 Å². The summed E-state index contributed by atoms with van der Waals surface area (Å²) in [5.41, 5.74) is 0.576. The Morgan fingerprint density at radius 2 is 1.90 bits per heavy atom. The highest BCUT2D eigenvalue weighted by molar-refractivity contribution is 7.89. The number of methoxy groups -OCH3 is 1. The molecule has 1 fully saturated rings. The van der Waals surface area contributed by atoms with Crippen LogP contribution in [0.25, 0.3) is 0 Å². The summed E-state index contributed by atoms with van der Waals surface area (Å²) in [4.78, 5) is 12.2. The number of rotatable bonds is 7. The summed E-state index contributed by atoms with van der Waals surface area (Å²) in [5, 5.41) is 2.83. The molecule has 1 amide bonds. The van der Waals surface area contributed by atoms with Crippen molar-refractivity contribution in [2.24, 2.45) is 0 Å². The van der Waals surface area contributed by atoms with Crippen LogP contribution in [0.5, 0.6) is 11.5 Å². The summed E-state index contributed by atoms with van der Waals surface area (Å²) in [5.74, 6) is 0.488. The van der Waals surface area contributed by atoms with Crippen molar-refractivity contribution in [3.05, 3.63) is 47.5 Å². The van der Waals surface area contributed by atoms with Gasteiger partial charge in [0, 0.05) is 24.8 Å². The normalized spacial score (nSPS) is 15.0. The van der Waals surface area contributed by atoms with Gasteiger partial charge in [-0.15, -0.1) is 0 Å². The van der Waals surface area contributed by atoms with Crippen molar-refractivity contribution >= 4 is 33.2 Å². The van der Waals surface area contributed by atoms with Crippen LogP contribution >= 0.6 is 11.6 Å². The number of anilines is 1. The molecular formula is C20H23ClN2O5S. The largest absolute Gasteiger partial charge is 0.497 e. The molecule has 9 heteroatoms. The number of piperidine rings is 1. The topological polar surface area (TPSA) is 84.9 Å². The highest BCUT2D eigenvalue weighted by Gasteiger charge is 2.26. The van der Waals surface area contributed by atoms with Gasteiger partial charge >= 0.3 is 0 Å². The number of halogens is 1. The minimum absolute atomic E-state index is 0.123. The van der Waals surface area contributed by atoms with Gasteiger partial charge in [-0.3, -0.25) is 4.79 Å². The SMILES string of the molecule is COc1cccc(NC(=O)COc2ccc(S(=O)(=O)N3CCCCC3)cc2Cl)c1. The molecule has 0 saturated carbocycles. The van der Waals surface area contributed by atoms with Gasteiger partial charge < -0.3 is 14.8 Å². The van der Waals surface area contributed by atoms with Crippen molar-refractivity contribution < 1.29 is 22.7 Å². The predicted molar refractivity (Wildman–Crippen MR) is 111 cm³/mol. The maximum Gasteiger partial charge on any atom is 0.262 e. The Morgan fingerprint density at radius 3 is 2.59 bits per heavy atom. The first-order chi connectivity index (χ1) is 13.9. The molecule has 2 aromatic rings. The summed E-state index contributed by atoms with van der Waals surface area (Å²) in [6, 6.07) is 11.2. The molecule has 1 N–H and O–H groups in total. The third-order valence-corrected chi connectivity index (χ3v) is 6.76. The van der Waals surface area contributed by atoms with Crippen LogP contribution in [0.3, 0.4) is 0 Å². The molecule has 0 radical (unpaired) electrons. The zero-order valence-corrected chi connectivity index (χ0v) is 17.6. The summed E-state index contributed by atoms with van der Waals surface area (Å²) in [6.45, 7) is 0.764. The molecule has 2 aromatic carbocycles. The van der Waals surface area contributed by atoms with E-state index in [0.717, 1.165) is 19.3 Å². The third-order valence-electron chi connectivity index (χ3n) is 4.57. The van der Waals surface area contributed by atoms with E-state index >= 15 is 0 Å². The highest BCUT2D eigenvalue weighted by Crippen LogP contribution is 2.29. The zero-order chi connectivity index (χ0) is 20.9. The third kappa shape index (κ3) is 5.41. The molecule has 1 saturated heterocycles. The molecule has 1 heterocycles. The summed E-state index contributed by atoms with van der Waals surface area (Å²) < 4.78 is 37.5. The van der Waals surface area contributed by atoms with E-state index in [0.29, 0.717) is 24.5 Å². The smallest absolute Gasteiger partial charge is 0.262 e. The van der Waals surface area contributed by atoms with Crippen molar-refractivity contribution in [1.82, 2.24) is 4.31 Å². The van der Waals surface area contributed by atoms with Gasteiger partial charge in [-0.05, 0) is 43.2 Å². The number of sulfonamides is 1. The van der Waals surface area contributed by atoms with E-state index in [9.17, 15) is 13.2 Å². The molecule has 0 atom stereocenters. The maximum atomic E-state index is 12.7. The van der Waals surface area contributed by atoms with Crippen LogP contribution in [0.2, 0.25) is 5.02 Å². The number of amides is 1. The fourth-order valence-electron chi connectivity index (χ4n) is 3.05. The lowest BCUT2D eigenvalue weighted by atomic mass is 10.2. The van der Waals surface area contributed by atoms with Crippen LogP contribution < -0.4 is 14.8 Å². The average molecular weight is 439 g/mol. The number of nitrogens with one attached hydrogen (secondary N) is 1. The molecule has 0 bridgehead atoms. The molecule has 7 nitrogen and oxygen atoms in total. The van der Waals surface area contributed by atoms with Gasteiger partial charge in [0.2, 0.25) is 10.0 Å². The van der Waals surface area contributed by atoms with Crippen molar-refractivity contribution in [2.45, 2.75) is 24.2 Å². The number of ether oxygens (including phenoxy) is 2. The van der Waals surface area contributed by atoms with Crippen LogP contribution in [-0.2, 0) is 14.8 Å². The van der Waals surface area contributed by atoms with E-state index in [2.05, 4.69) is 5.32 Å². The van der Waals surface area contributed by atoms with E-state index < -0.39 is 10.0 Å². The first-order valence-corrected chi connectivity index (χ1v) is 11.1. The molecule has 0 aromatic heterocycles. The number of hydrogen-bond acceptors (Lipinski definition) is 5. The summed E-state index contributed by atoms with van der Waals surface area (Å²) in [7, 11) is -2.03. The average Bonchev–Trinajstić information content (AvgIpc) is 2.73. The van der Waals surface area contributed by atoms with E-state index in [1.165, 1.54) is 22.5 Å². The van der Waals surface area contributed by atoms with Crippen LogP contribution in [0.4, 0.5) is 5.69 Å². The Kier molecular flexibility index (Phi) is 7.00. The lowest BCUT2D eigenvalue weighted by Crippen LogP contribution is -2.35. The fourth-order valence-corrected chi connectivity index (χ4v) is 4.90. The first-order valence-electron chi connectivity index (χ1n) is 9.26. The molecule has 0 aliphatic carbocycles. The lowest BCUT2D eigenvalue weighted by molar-refractivity contribution is -0.118. The van der Waals surface area contributed by atoms with E-state index in [1.54, 1.807) is 31.4 Å². The van der Waals surface area contributed by atoms with E-state index in [4.69, 9.17) is 21.1 Å². The minimum atomic E-state index is -3.58. The number of nitrogens with zero attached hydrogens (tertiary/aromatic N) is 1. The standard InChI is InChI=1S/C20H23ClN2O5S/c1-27-16-7-5-6-15(12-16)22-20(24)14-28-19-9-8-17(13-18(19)21)29(25,26)23-10-3-2-4-11-23/h5-9,12-13H,2-4,10-11,14H2,1H3,(H,22,24). The van der Waals surface area contributed by atoms with Crippen molar-refractivity contribution in [2.75, 3.05) is 32.1 Å². The van der Waals surface area contributed by atoms with Crippen molar-refractivity contribution in [1.29, 1.82) is 0 Å². The van der Waals surface area contributed by atoms with Gasteiger partial charge in [0.05, 0.1) is 17.0 Å². The summed E-state index contributed by atoms with van der Waals surface area (Å²) >= 11 is 6.20. The first kappa shape index (κ1) is 21.4. The second kappa shape index (κ2) is 9.47. The van der Waals surface area contributed by atoms with Crippen LogP contribution in [-0.4, -0.2) is 45.4 Å². The van der Waals surface area contributed by atoms with Gasteiger partial charge in [0.1, 0.15) is 11.5 Å². The number of carbonyl (C=O) groups is 1. The van der Waals surface area contributed by atoms with Crippen LogP contribution in [0, 0.1) is 0 Å². The Hall–Kier alpha value is -2.29. The number of benzene rings is 2. The van der Waals surface area contributed by atoms with Gasteiger partial charge in [-0.1, -0.05) is 24.1 Å². The Bertz CT molecular complexity index is 975. The molecule has 0 spiro atoms. The predicted octanol–water partition coefficient (Wildman–Crippen LogP) is 3.54. The number of hydrogen-bond donors (Lipinski definition) is 1.